The Morgan fingerprint density at radius 2 is 1.68 bits per heavy atom. The van der Waals surface area contributed by atoms with E-state index in [4.69, 9.17) is 4.74 Å². The molecule has 3 rings (SSSR count). The van der Waals surface area contributed by atoms with Gasteiger partial charge in [-0.25, -0.2) is 4.79 Å². The molecule has 3 N–H and O–H groups in total. The second kappa shape index (κ2) is 10.1. The van der Waals surface area contributed by atoms with Crippen molar-refractivity contribution in [1.82, 2.24) is 10.6 Å². The van der Waals surface area contributed by atoms with Gasteiger partial charge >= 0.3 is 5.97 Å². The summed E-state index contributed by atoms with van der Waals surface area (Å²) >= 11 is 0. The minimum Gasteiger partial charge on any atom is -0.480 e. The molecule has 0 saturated heterocycles. The van der Waals surface area contributed by atoms with Gasteiger partial charge in [0, 0.05) is 12.8 Å². The van der Waals surface area contributed by atoms with E-state index in [1.54, 1.807) is 6.07 Å². The lowest BCUT2D eigenvalue weighted by Gasteiger charge is -2.23. The summed E-state index contributed by atoms with van der Waals surface area (Å²) in [6.07, 6.45) is 0.238. The van der Waals surface area contributed by atoms with Gasteiger partial charge in [-0.2, -0.15) is 0 Å². The molecule has 7 nitrogen and oxygen atoms in total. The van der Waals surface area contributed by atoms with Gasteiger partial charge in [0.25, 0.3) is 5.91 Å². The Kier molecular flexibility index (Phi) is 7.28. The van der Waals surface area contributed by atoms with Crippen LogP contribution in [0.2, 0.25) is 0 Å². The molecular formula is C24H28N2O5. The van der Waals surface area contributed by atoms with Gasteiger partial charge in [0.15, 0.2) is 6.10 Å². The Hall–Kier alpha value is -3.35. The number of carbonyl (C=O) groups excluding carboxylic acids is 2. The van der Waals surface area contributed by atoms with Crippen molar-refractivity contribution in [2.75, 3.05) is 0 Å². The Bertz CT molecular complexity index is 904. The molecule has 7 heteroatoms. The molecule has 1 heterocycles. The van der Waals surface area contributed by atoms with Gasteiger partial charge in [-0.1, -0.05) is 62.4 Å². The van der Waals surface area contributed by atoms with E-state index in [0.29, 0.717) is 18.6 Å². The Morgan fingerprint density at radius 1 is 1.00 bits per heavy atom. The van der Waals surface area contributed by atoms with E-state index in [2.05, 4.69) is 10.6 Å². The molecule has 2 aromatic rings. The van der Waals surface area contributed by atoms with Gasteiger partial charge in [-0.05, 0) is 29.5 Å². The predicted octanol–water partition coefficient (Wildman–Crippen LogP) is 2.33. The van der Waals surface area contributed by atoms with Crippen molar-refractivity contribution in [3.8, 4) is 5.75 Å². The summed E-state index contributed by atoms with van der Waals surface area (Å²) in [6, 6.07) is 14.8. The number of fused-ring (bicyclic) bond motifs is 1. The fraction of sp³-hybridized carbons (Fsp3) is 0.375. The van der Waals surface area contributed by atoms with E-state index in [1.807, 2.05) is 62.4 Å². The standard InChI is InChI=1S/C24H28N2O5/c1-15(2)12-19(24(29)30)26-22(27)18(13-16-8-4-3-5-9-16)25-23(28)21-14-17-10-6-7-11-20(17)31-21/h3-11,15,18-19,21H,12-14H2,1-2H3,(H,25,28)(H,26,27)(H,29,30)/t18?,19-,21-/m0/s1. The highest BCUT2D eigenvalue weighted by Gasteiger charge is 2.33. The highest BCUT2D eigenvalue weighted by molar-refractivity contribution is 5.92. The minimum atomic E-state index is -1.10. The van der Waals surface area contributed by atoms with Crippen molar-refractivity contribution in [3.63, 3.8) is 0 Å². The van der Waals surface area contributed by atoms with Crippen molar-refractivity contribution < 1.29 is 24.2 Å². The van der Waals surface area contributed by atoms with Gasteiger partial charge in [0.05, 0.1) is 0 Å². The molecule has 0 radical (unpaired) electrons. The number of nitrogens with one attached hydrogen (secondary N) is 2. The van der Waals surface area contributed by atoms with Gasteiger partial charge in [0.1, 0.15) is 17.8 Å². The Morgan fingerprint density at radius 3 is 2.32 bits per heavy atom. The summed E-state index contributed by atoms with van der Waals surface area (Å²) in [5, 5.41) is 14.8. The predicted molar refractivity (Wildman–Crippen MR) is 116 cm³/mol. The minimum absolute atomic E-state index is 0.0916. The molecule has 2 amide bonds. The average molecular weight is 424 g/mol. The van der Waals surface area contributed by atoms with Crippen molar-refractivity contribution in [1.29, 1.82) is 0 Å². The first-order valence-electron chi connectivity index (χ1n) is 10.5. The van der Waals surface area contributed by atoms with Gasteiger partial charge in [0.2, 0.25) is 5.91 Å². The molecule has 0 fully saturated rings. The van der Waals surface area contributed by atoms with Gasteiger partial charge < -0.3 is 20.5 Å². The third-order valence-electron chi connectivity index (χ3n) is 5.18. The molecule has 0 saturated carbocycles. The van der Waals surface area contributed by atoms with E-state index < -0.39 is 36.0 Å². The summed E-state index contributed by atoms with van der Waals surface area (Å²) in [5.74, 6) is -1.27. The van der Waals surface area contributed by atoms with Gasteiger partial charge in [-0.15, -0.1) is 0 Å². The number of carbonyl (C=O) groups is 3. The number of hydrogen-bond acceptors (Lipinski definition) is 4. The summed E-state index contributed by atoms with van der Waals surface area (Å²) in [6.45, 7) is 3.78. The first-order valence-corrected chi connectivity index (χ1v) is 10.5. The molecule has 0 bridgehead atoms. The zero-order valence-corrected chi connectivity index (χ0v) is 17.7. The molecule has 0 spiro atoms. The largest absolute Gasteiger partial charge is 0.480 e. The van der Waals surface area contributed by atoms with E-state index in [9.17, 15) is 19.5 Å². The number of carboxylic acid groups (broad SMARTS) is 1. The van der Waals surface area contributed by atoms with Gasteiger partial charge in [-0.3, -0.25) is 9.59 Å². The lowest BCUT2D eigenvalue weighted by molar-refractivity contribution is -0.142. The van der Waals surface area contributed by atoms with Crippen molar-refractivity contribution >= 4 is 17.8 Å². The molecule has 3 atom stereocenters. The van der Waals surface area contributed by atoms with Crippen molar-refractivity contribution in [3.05, 3.63) is 65.7 Å². The quantitative estimate of drug-likeness (QED) is 0.573. The van der Waals surface area contributed by atoms with Crippen LogP contribution in [0.25, 0.3) is 0 Å². The van der Waals surface area contributed by atoms with Crippen molar-refractivity contribution in [2.45, 2.75) is 51.3 Å². The van der Waals surface area contributed by atoms with Crippen LogP contribution in [0, 0.1) is 5.92 Å². The summed E-state index contributed by atoms with van der Waals surface area (Å²) in [5.41, 5.74) is 1.80. The monoisotopic (exact) mass is 424 g/mol. The molecule has 0 aromatic heterocycles. The lowest BCUT2D eigenvalue weighted by Crippen LogP contribution is -2.54. The van der Waals surface area contributed by atoms with E-state index in [-0.39, 0.29) is 12.3 Å². The zero-order valence-electron chi connectivity index (χ0n) is 17.7. The average Bonchev–Trinajstić information content (AvgIpc) is 3.17. The van der Waals surface area contributed by atoms with Crippen LogP contribution in [-0.2, 0) is 27.2 Å². The maximum absolute atomic E-state index is 13.0. The normalized spacial score (nSPS) is 16.7. The second-order valence-electron chi connectivity index (χ2n) is 8.20. The van der Waals surface area contributed by atoms with Crippen LogP contribution in [0.15, 0.2) is 54.6 Å². The third kappa shape index (κ3) is 6.07. The number of aliphatic carboxylic acids is 1. The number of para-hydroxylation sites is 1. The number of rotatable bonds is 9. The fourth-order valence-corrected chi connectivity index (χ4v) is 3.62. The molecule has 2 aromatic carbocycles. The van der Waals surface area contributed by atoms with Crippen LogP contribution in [0.3, 0.4) is 0 Å². The first kappa shape index (κ1) is 22.3. The molecule has 31 heavy (non-hydrogen) atoms. The number of amides is 2. The Balaban J connectivity index is 1.72. The molecule has 1 unspecified atom stereocenters. The molecular weight excluding hydrogens is 396 g/mol. The molecule has 164 valence electrons. The second-order valence-corrected chi connectivity index (χ2v) is 8.20. The van der Waals surface area contributed by atoms with Crippen LogP contribution in [0.5, 0.6) is 5.75 Å². The maximum atomic E-state index is 13.0. The topological polar surface area (TPSA) is 105 Å². The summed E-state index contributed by atoms with van der Waals surface area (Å²) in [7, 11) is 0. The molecule has 1 aliphatic heterocycles. The summed E-state index contributed by atoms with van der Waals surface area (Å²) < 4.78 is 5.73. The molecule has 1 aliphatic rings. The van der Waals surface area contributed by atoms with E-state index >= 15 is 0 Å². The van der Waals surface area contributed by atoms with Crippen LogP contribution in [0.1, 0.15) is 31.4 Å². The van der Waals surface area contributed by atoms with Crippen LogP contribution in [-0.4, -0.2) is 41.1 Å². The lowest BCUT2D eigenvalue weighted by atomic mass is 10.0. The van der Waals surface area contributed by atoms with Crippen LogP contribution in [0.4, 0.5) is 0 Å². The maximum Gasteiger partial charge on any atom is 0.326 e. The highest BCUT2D eigenvalue weighted by atomic mass is 16.5. The smallest absolute Gasteiger partial charge is 0.326 e. The van der Waals surface area contributed by atoms with Crippen molar-refractivity contribution in [2.24, 2.45) is 5.92 Å². The van der Waals surface area contributed by atoms with E-state index in [0.717, 1.165) is 11.1 Å². The van der Waals surface area contributed by atoms with Crippen LogP contribution >= 0.6 is 0 Å². The van der Waals surface area contributed by atoms with Crippen LogP contribution < -0.4 is 15.4 Å². The van der Waals surface area contributed by atoms with E-state index in [1.165, 1.54) is 0 Å². The molecule has 0 aliphatic carbocycles. The first-order chi connectivity index (χ1) is 14.8. The zero-order chi connectivity index (χ0) is 22.4. The third-order valence-corrected chi connectivity index (χ3v) is 5.18. The Labute approximate surface area is 181 Å². The highest BCUT2D eigenvalue weighted by Crippen LogP contribution is 2.28. The number of ether oxygens (including phenoxy) is 1. The summed E-state index contributed by atoms with van der Waals surface area (Å²) in [4.78, 5) is 37.5. The number of hydrogen-bond donors (Lipinski definition) is 3. The fourth-order valence-electron chi connectivity index (χ4n) is 3.62. The SMILES string of the molecule is CC(C)C[C@H](NC(=O)C(Cc1ccccc1)NC(=O)[C@@H]1Cc2ccccc2O1)C(=O)O. The number of benzene rings is 2. The number of carboxylic acids is 1.